The molecule has 2 atom stereocenters. The van der Waals surface area contributed by atoms with Gasteiger partial charge in [0.2, 0.25) is 0 Å². The summed E-state index contributed by atoms with van der Waals surface area (Å²) >= 11 is 0. The van der Waals surface area contributed by atoms with E-state index in [1.165, 1.54) is 0 Å². The molecule has 0 heterocycles. The fraction of sp³-hybridized carbons (Fsp3) is 1.00. The fourth-order valence-electron chi connectivity index (χ4n) is 1.82. The molecule has 11 heavy (non-hydrogen) atoms. The summed E-state index contributed by atoms with van der Waals surface area (Å²) in [6, 6.07) is 0. The van der Waals surface area contributed by atoms with Gasteiger partial charge in [0.05, 0.1) is 0 Å². The Morgan fingerprint density at radius 3 is 2.64 bits per heavy atom. The summed E-state index contributed by atoms with van der Waals surface area (Å²) in [6.45, 7) is 2.18. The second-order valence-corrected chi connectivity index (χ2v) is 3.47. The molecule has 1 aliphatic carbocycles. The first-order valence-electron chi connectivity index (χ1n) is 4.16. The molecular weight excluding hydrogens is 148 g/mol. The Kier molecular flexibility index (Phi) is 2.47. The molecule has 1 fully saturated rings. The van der Waals surface area contributed by atoms with Gasteiger partial charge in [0.25, 0.3) is 5.92 Å². The van der Waals surface area contributed by atoms with Crippen LogP contribution in [0.2, 0.25) is 0 Å². The third kappa shape index (κ3) is 1.70. The van der Waals surface area contributed by atoms with Gasteiger partial charge in [0.15, 0.2) is 0 Å². The van der Waals surface area contributed by atoms with Gasteiger partial charge in [-0.25, -0.2) is 8.78 Å². The highest BCUT2D eigenvalue weighted by atomic mass is 19.3. The van der Waals surface area contributed by atoms with Crippen molar-refractivity contribution in [2.24, 2.45) is 17.6 Å². The standard InChI is InChI=1S/C8H15F2N/c1-6(5-11)7-3-2-4-8(7,9)10/h6-7H,2-5,11H2,1H3/t6-,7?/m1/s1. The molecule has 3 heteroatoms. The largest absolute Gasteiger partial charge is 0.330 e. The van der Waals surface area contributed by atoms with Crippen molar-refractivity contribution in [2.45, 2.75) is 32.1 Å². The van der Waals surface area contributed by atoms with E-state index in [0.717, 1.165) is 0 Å². The third-order valence-corrected chi connectivity index (χ3v) is 2.63. The van der Waals surface area contributed by atoms with Gasteiger partial charge in [-0.05, 0) is 25.3 Å². The Labute approximate surface area is 66.0 Å². The SMILES string of the molecule is C[C@H](CN)C1CCCC1(F)F. The van der Waals surface area contributed by atoms with E-state index in [4.69, 9.17) is 5.73 Å². The van der Waals surface area contributed by atoms with Crippen LogP contribution in [0.25, 0.3) is 0 Å². The van der Waals surface area contributed by atoms with Crippen molar-refractivity contribution in [3.63, 3.8) is 0 Å². The van der Waals surface area contributed by atoms with Gasteiger partial charge >= 0.3 is 0 Å². The van der Waals surface area contributed by atoms with E-state index in [9.17, 15) is 8.78 Å². The number of hydrogen-bond donors (Lipinski definition) is 1. The van der Waals surface area contributed by atoms with Crippen LogP contribution >= 0.6 is 0 Å². The topological polar surface area (TPSA) is 26.0 Å². The Morgan fingerprint density at radius 1 is 1.64 bits per heavy atom. The molecule has 1 nitrogen and oxygen atoms in total. The summed E-state index contributed by atoms with van der Waals surface area (Å²) in [6.07, 6.45) is 1.36. The van der Waals surface area contributed by atoms with Gasteiger partial charge in [-0.1, -0.05) is 6.92 Å². The minimum atomic E-state index is -2.45. The first kappa shape index (κ1) is 8.91. The zero-order chi connectivity index (χ0) is 8.48. The molecule has 0 spiro atoms. The predicted octanol–water partition coefficient (Wildman–Crippen LogP) is 2.02. The summed E-state index contributed by atoms with van der Waals surface area (Å²) in [7, 11) is 0. The average Bonchev–Trinajstić information content (AvgIpc) is 2.28. The molecule has 66 valence electrons. The van der Waals surface area contributed by atoms with Gasteiger partial charge in [0, 0.05) is 12.3 Å². The van der Waals surface area contributed by atoms with Gasteiger partial charge < -0.3 is 5.73 Å². The summed E-state index contributed by atoms with van der Waals surface area (Å²) < 4.78 is 26.0. The van der Waals surface area contributed by atoms with Crippen molar-refractivity contribution in [1.29, 1.82) is 0 Å². The van der Waals surface area contributed by atoms with Crippen LogP contribution in [0.3, 0.4) is 0 Å². The Hall–Kier alpha value is -0.180. The lowest BCUT2D eigenvalue weighted by atomic mass is 9.90. The van der Waals surface area contributed by atoms with E-state index in [-0.39, 0.29) is 12.3 Å². The summed E-state index contributed by atoms with van der Waals surface area (Å²) in [5.41, 5.74) is 5.34. The maximum atomic E-state index is 13.0. The zero-order valence-corrected chi connectivity index (χ0v) is 6.82. The first-order chi connectivity index (χ1) is 5.08. The molecular formula is C8H15F2N. The van der Waals surface area contributed by atoms with Crippen LogP contribution in [0.5, 0.6) is 0 Å². The van der Waals surface area contributed by atoms with E-state index in [1.807, 2.05) is 6.92 Å². The van der Waals surface area contributed by atoms with Gasteiger partial charge in [-0.15, -0.1) is 0 Å². The molecule has 0 saturated heterocycles. The normalized spacial score (nSPS) is 32.2. The van der Waals surface area contributed by atoms with Crippen molar-refractivity contribution in [3.05, 3.63) is 0 Å². The van der Waals surface area contributed by atoms with Crippen molar-refractivity contribution in [1.82, 2.24) is 0 Å². The van der Waals surface area contributed by atoms with Crippen LogP contribution in [0.4, 0.5) is 8.78 Å². The monoisotopic (exact) mass is 163 g/mol. The molecule has 1 unspecified atom stereocenters. The molecule has 0 bridgehead atoms. The van der Waals surface area contributed by atoms with E-state index in [0.29, 0.717) is 19.4 Å². The van der Waals surface area contributed by atoms with Gasteiger partial charge in [-0.2, -0.15) is 0 Å². The number of alkyl halides is 2. The first-order valence-corrected chi connectivity index (χ1v) is 4.16. The highest BCUT2D eigenvalue weighted by Crippen LogP contribution is 2.43. The lowest BCUT2D eigenvalue weighted by Crippen LogP contribution is -2.31. The molecule has 1 aliphatic rings. The van der Waals surface area contributed by atoms with Gasteiger partial charge in [-0.3, -0.25) is 0 Å². The lowest BCUT2D eigenvalue weighted by molar-refractivity contribution is -0.0538. The van der Waals surface area contributed by atoms with Crippen molar-refractivity contribution in [2.75, 3.05) is 6.54 Å². The van der Waals surface area contributed by atoms with E-state index < -0.39 is 11.8 Å². The summed E-state index contributed by atoms with van der Waals surface area (Å²) in [5, 5.41) is 0. The minimum absolute atomic E-state index is 0.0347. The van der Waals surface area contributed by atoms with Crippen LogP contribution in [0, 0.1) is 11.8 Å². The Morgan fingerprint density at radius 2 is 2.27 bits per heavy atom. The average molecular weight is 163 g/mol. The third-order valence-electron chi connectivity index (χ3n) is 2.63. The molecule has 0 aromatic rings. The predicted molar refractivity (Wildman–Crippen MR) is 40.5 cm³/mol. The number of rotatable bonds is 2. The molecule has 2 N–H and O–H groups in total. The fourth-order valence-corrected chi connectivity index (χ4v) is 1.82. The second kappa shape index (κ2) is 3.05. The Balaban J connectivity index is 2.57. The van der Waals surface area contributed by atoms with Crippen molar-refractivity contribution >= 4 is 0 Å². The van der Waals surface area contributed by atoms with Crippen molar-refractivity contribution < 1.29 is 8.78 Å². The quantitative estimate of drug-likeness (QED) is 0.662. The maximum absolute atomic E-state index is 13.0. The van der Waals surface area contributed by atoms with E-state index in [2.05, 4.69) is 0 Å². The number of hydrogen-bond acceptors (Lipinski definition) is 1. The zero-order valence-electron chi connectivity index (χ0n) is 6.82. The number of nitrogens with two attached hydrogens (primary N) is 1. The molecule has 1 rings (SSSR count). The second-order valence-electron chi connectivity index (χ2n) is 3.47. The van der Waals surface area contributed by atoms with Crippen LogP contribution < -0.4 is 5.73 Å². The van der Waals surface area contributed by atoms with E-state index >= 15 is 0 Å². The van der Waals surface area contributed by atoms with Gasteiger partial charge in [0.1, 0.15) is 0 Å². The highest BCUT2D eigenvalue weighted by Gasteiger charge is 2.45. The smallest absolute Gasteiger partial charge is 0.251 e. The summed E-state index contributed by atoms with van der Waals surface area (Å²) in [5.74, 6) is -2.95. The number of halogens is 2. The molecule has 0 radical (unpaired) electrons. The molecule has 1 saturated carbocycles. The molecule has 0 aromatic heterocycles. The molecule has 0 amide bonds. The summed E-state index contributed by atoms with van der Waals surface area (Å²) in [4.78, 5) is 0. The Bertz CT molecular complexity index is 136. The molecule has 0 aromatic carbocycles. The highest BCUT2D eigenvalue weighted by molar-refractivity contribution is 4.87. The van der Waals surface area contributed by atoms with Crippen LogP contribution in [0.15, 0.2) is 0 Å². The van der Waals surface area contributed by atoms with Crippen LogP contribution in [-0.2, 0) is 0 Å². The lowest BCUT2D eigenvalue weighted by Gasteiger charge is -2.23. The van der Waals surface area contributed by atoms with Crippen LogP contribution in [0.1, 0.15) is 26.2 Å². The maximum Gasteiger partial charge on any atom is 0.251 e. The van der Waals surface area contributed by atoms with Crippen molar-refractivity contribution in [3.8, 4) is 0 Å². The minimum Gasteiger partial charge on any atom is -0.330 e. The van der Waals surface area contributed by atoms with Crippen LogP contribution in [-0.4, -0.2) is 12.5 Å². The van der Waals surface area contributed by atoms with E-state index in [1.54, 1.807) is 0 Å². The molecule has 0 aliphatic heterocycles.